The van der Waals surface area contributed by atoms with Crippen LogP contribution in [0.3, 0.4) is 0 Å². The van der Waals surface area contributed by atoms with Crippen molar-refractivity contribution in [2.24, 2.45) is 5.92 Å². The van der Waals surface area contributed by atoms with E-state index in [2.05, 4.69) is 27.7 Å². The van der Waals surface area contributed by atoms with Crippen molar-refractivity contribution in [3.63, 3.8) is 0 Å². The van der Waals surface area contributed by atoms with Gasteiger partial charge in [-0.15, -0.1) is 0 Å². The molecule has 0 aliphatic carbocycles. The summed E-state index contributed by atoms with van der Waals surface area (Å²) >= 11 is 0. The first-order valence-electron chi connectivity index (χ1n) is 5.84. The summed E-state index contributed by atoms with van der Waals surface area (Å²) in [6.45, 7) is 9.15. The van der Waals surface area contributed by atoms with Gasteiger partial charge in [0.15, 0.2) is 5.95 Å². The molecule has 0 radical (unpaired) electrons. The Labute approximate surface area is 92.7 Å². The number of nitrogens with zero attached hydrogens (tertiary/aromatic N) is 1. The summed E-state index contributed by atoms with van der Waals surface area (Å²) in [7, 11) is 1.83. The predicted molar refractivity (Wildman–Crippen MR) is 63.2 cm³/mol. The maximum Gasteiger partial charge on any atom is 0.193 e. The van der Waals surface area contributed by atoms with Gasteiger partial charge in [0.25, 0.3) is 0 Å². The minimum Gasteiger partial charge on any atom is -0.347 e. The maximum atomic E-state index is 14.0. The first kappa shape index (κ1) is 12.3. The zero-order chi connectivity index (χ0) is 11.6. The van der Waals surface area contributed by atoms with Crippen LogP contribution in [0.4, 0.5) is 4.39 Å². The Morgan fingerprint density at radius 3 is 2.27 bits per heavy atom. The van der Waals surface area contributed by atoms with E-state index in [0.29, 0.717) is 0 Å². The third kappa shape index (κ3) is 2.24. The average molecular weight is 211 g/mol. The SMILES string of the molecule is CCC1=C(CC)C(C(C)C)=C(F)N(C)C1. The van der Waals surface area contributed by atoms with Crippen LogP contribution in [-0.2, 0) is 0 Å². The van der Waals surface area contributed by atoms with Gasteiger partial charge in [0.2, 0.25) is 0 Å². The summed E-state index contributed by atoms with van der Waals surface area (Å²) in [5.41, 5.74) is 3.57. The van der Waals surface area contributed by atoms with Crippen LogP contribution in [0.25, 0.3) is 0 Å². The molecule has 1 aliphatic rings. The van der Waals surface area contributed by atoms with E-state index in [9.17, 15) is 4.39 Å². The molecule has 1 rings (SSSR count). The molecule has 0 bridgehead atoms. The topological polar surface area (TPSA) is 3.24 Å². The van der Waals surface area contributed by atoms with Gasteiger partial charge in [-0.25, -0.2) is 0 Å². The summed E-state index contributed by atoms with van der Waals surface area (Å²) in [6.07, 6.45) is 1.97. The largest absolute Gasteiger partial charge is 0.347 e. The summed E-state index contributed by atoms with van der Waals surface area (Å²) < 4.78 is 14.0. The lowest BCUT2D eigenvalue weighted by Gasteiger charge is -2.31. The molecule has 15 heavy (non-hydrogen) atoms. The predicted octanol–water partition coefficient (Wildman–Crippen LogP) is 3.89. The fourth-order valence-electron chi connectivity index (χ4n) is 2.32. The van der Waals surface area contributed by atoms with E-state index in [1.165, 1.54) is 11.1 Å². The van der Waals surface area contributed by atoms with Gasteiger partial charge >= 0.3 is 0 Å². The third-order valence-electron chi connectivity index (χ3n) is 3.09. The van der Waals surface area contributed by atoms with Crippen molar-refractivity contribution in [2.45, 2.75) is 40.5 Å². The molecular formula is C13H22FN. The normalized spacial score (nSPS) is 18.2. The van der Waals surface area contributed by atoms with Crippen LogP contribution in [0.1, 0.15) is 40.5 Å². The van der Waals surface area contributed by atoms with Crippen molar-refractivity contribution in [2.75, 3.05) is 13.6 Å². The van der Waals surface area contributed by atoms with Crippen LogP contribution < -0.4 is 0 Å². The highest BCUT2D eigenvalue weighted by atomic mass is 19.1. The van der Waals surface area contributed by atoms with Crippen LogP contribution in [-0.4, -0.2) is 18.5 Å². The Hall–Kier alpha value is -0.790. The molecule has 1 heterocycles. The second-order valence-electron chi connectivity index (χ2n) is 4.50. The molecular weight excluding hydrogens is 189 g/mol. The number of rotatable bonds is 3. The molecule has 0 N–H and O–H groups in total. The molecule has 0 saturated heterocycles. The Morgan fingerprint density at radius 2 is 1.87 bits per heavy atom. The van der Waals surface area contributed by atoms with E-state index < -0.39 is 0 Å². The minimum absolute atomic E-state index is 0.0287. The standard InChI is InChI=1S/C13H22FN/c1-6-10-8-15(5)13(14)12(9(3)4)11(10)7-2/h9H,6-8H2,1-5H3. The molecule has 0 aromatic rings. The van der Waals surface area contributed by atoms with Gasteiger partial charge in [0.1, 0.15) is 0 Å². The van der Waals surface area contributed by atoms with Gasteiger partial charge in [-0.05, 0) is 29.9 Å². The van der Waals surface area contributed by atoms with E-state index in [-0.39, 0.29) is 11.9 Å². The van der Waals surface area contributed by atoms with Crippen LogP contribution in [0.15, 0.2) is 22.7 Å². The summed E-state index contributed by atoms with van der Waals surface area (Å²) in [6, 6.07) is 0. The molecule has 0 amide bonds. The molecule has 0 aromatic heterocycles. The quantitative estimate of drug-likeness (QED) is 0.640. The molecule has 0 aromatic carbocycles. The van der Waals surface area contributed by atoms with Crippen LogP contribution in [0.5, 0.6) is 0 Å². The summed E-state index contributed by atoms with van der Waals surface area (Å²) in [5.74, 6) is 0.239. The Kier molecular flexibility index (Phi) is 3.95. The molecule has 0 saturated carbocycles. The van der Waals surface area contributed by atoms with Gasteiger partial charge < -0.3 is 4.90 Å². The maximum absolute atomic E-state index is 14.0. The van der Waals surface area contributed by atoms with Crippen LogP contribution in [0.2, 0.25) is 0 Å². The number of hydrogen-bond donors (Lipinski definition) is 0. The molecule has 0 unspecified atom stereocenters. The lowest BCUT2D eigenvalue weighted by Crippen LogP contribution is -2.27. The highest BCUT2D eigenvalue weighted by molar-refractivity contribution is 5.41. The summed E-state index contributed by atoms with van der Waals surface area (Å²) in [5, 5.41) is 0. The smallest absolute Gasteiger partial charge is 0.193 e. The van der Waals surface area contributed by atoms with Gasteiger partial charge in [-0.2, -0.15) is 4.39 Å². The van der Waals surface area contributed by atoms with Gasteiger partial charge in [0, 0.05) is 19.2 Å². The van der Waals surface area contributed by atoms with E-state index in [0.717, 1.165) is 25.0 Å². The van der Waals surface area contributed by atoms with Crippen molar-refractivity contribution >= 4 is 0 Å². The fourth-order valence-corrected chi connectivity index (χ4v) is 2.32. The lowest BCUT2D eigenvalue weighted by molar-refractivity contribution is 0.316. The second-order valence-corrected chi connectivity index (χ2v) is 4.50. The molecule has 1 aliphatic heterocycles. The Balaban J connectivity index is 3.23. The van der Waals surface area contributed by atoms with E-state index in [1.54, 1.807) is 4.90 Å². The first-order chi connectivity index (χ1) is 7.02. The molecule has 0 spiro atoms. The van der Waals surface area contributed by atoms with E-state index in [4.69, 9.17) is 0 Å². The van der Waals surface area contributed by atoms with Crippen LogP contribution >= 0.6 is 0 Å². The fraction of sp³-hybridized carbons (Fsp3) is 0.692. The van der Waals surface area contributed by atoms with Crippen molar-refractivity contribution in [1.82, 2.24) is 4.90 Å². The molecule has 86 valence electrons. The first-order valence-corrected chi connectivity index (χ1v) is 5.84. The third-order valence-corrected chi connectivity index (χ3v) is 3.09. The van der Waals surface area contributed by atoms with Crippen molar-refractivity contribution in [3.05, 3.63) is 22.7 Å². The minimum atomic E-state index is -0.0287. The number of likely N-dealkylation sites (N-methyl/N-ethyl adjacent to an activating group) is 1. The van der Waals surface area contributed by atoms with Crippen LogP contribution in [0, 0.1) is 5.92 Å². The summed E-state index contributed by atoms with van der Waals surface area (Å²) in [4.78, 5) is 1.73. The highest BCUT2D eigenvalue weighted by Gasteiger charge is 2.25. The number of allylic oxidation sites excluding steroid dienone is 2. The highest BCUT2D eigenvalue weighted by Crippen LogP contribution is 2.35. The zero-order valence-corrected chi connectivity index (χ0v) is 10.5. The van der Waals surface area contributed by atoms with Gasteiger partial charge in [-0.3, -0.25) is 0 Å². The Bertz CT molecular complexity index is 300. The van der Waals surface area contributed by atoms with Crippen molar-refractivity contribution < 1.29 is 4.39 Å². The molecule has 1 nitrogen and oxygen atoms in total. The van der Waals surface area contributed by atoms with E-state index in [1.807, 2.05) is 7.05 Å². The van der Waals surface area contributed by atoms with Crippen molar-refractivity contribution in [1.29, 1.82) is 0 Å². The lowest BCUT2D eigenvalue weighted by atomic mass is 9.87. The number of hydrogen-bond acceptors (Lipinski definition) is 1. The second kappa shape index (κ2) is 4.82. The van der Waals surface area contributed by atoms with E-state index >= 15 is 0 Å². The van der Waals surface area contributed by atoms with Gasteiger partial charge in [0.05, 0.1) is 0 Å². The molecule has 2 heteroatoms. The molecule has 0 atom stereocenters. The van der Waals surface area contributed by atoms with Crippen molar-refractivity contribution in [3.8, 4) is 0 Å². The zero-order valence-electron chi connectivity index (χ0n) is 10.5. The average Bonchev–Trinajstić information content (AvgIpc) is 2.20. The number of halogens is 1. The van der Waals surface area contributed by atoms with Gasteiger partial charge in [-0.1, -0.05) is 27.7 Å². The monoisotopic (exact) mass is 211 g/mol. The molecule has 0 fully saturated rings. The Morgan fingerprint density at radius 1 is 1.27 bits per heavy atom.